The van der Waals surface area contributed by atoms with Crippen molar-refractivity contribution in [2.45, 2.75) is 24.8 Å². The van der Waals surface area contributed by atoms with Crippen LogP contribution in [0.4, 0.5) is 4.39 Å². The van der Waals surface area contributed by atoms with Crippen LogP contribution in [0, 0.1) is 5.82 Å². The van der Waals surface area contributed by atoms with Crippen LogP contribution in [0.1, 0.15) is 19.4 Å². The minimum absolute atomic E-state index is 0.275. The molecule has 3 nitrogen and oxygen atoms in total. The average molecular weight is 299 g/mol. The Bertz CT molecular complexity index is 545. The molecule has 1 heterocycles. The molecule has 1 unspecified atom stereocenters. The summed E-state index contributed by atoms with van der Waals surface area (Å²) in [5.41, 5.74) is 0.344. The number of thioether (sulfide) groups is 1. The van der Waals surface area contributed by atoms with Crippen molar-refractivity contribution in [3.05, 3.63) is 35.6 Å². The zero-order valence-electron chi connectivity index (χ0n) is 11.0. The number of thiocarbonyl (C=S) groups is 1. The fourth-order valence-electron chi connectivity index (χ4n) is 2.20. The molecule has 0 spiro atoms. The predicted molar refractivity (Wildman–Crippen MR) is 79.4 cm³/mol. The van der Waals surface area contributed by atoms with Crippen molar-refractivity contribution < 1.29 is 14.3 Å². The Morgan fingerprint density at radius 2 is 2.11 bits per heavy atom. The molecule has 0 aliphatic carbocycles. The molecule has 0 bridgehead atoms. The molecule has 1 saturated heterocycles. The Morgan fingerprint density at radius 1 is 1.47 bits per heavy atom. The summed E-state index contributed by atoms with van der Waals surface area (Å²) >= 11 is 6.76. The highest BCUT2D eigenvalue weighted by Gasteiger charge is 2.51. The van der Waals surface area contributed by atoms with Crippen LogP contribution in [0.5, 0.6) is 0 Å². The third kappa shape index (κ3) is 2.74. The number of halogens is 1. The lowest BCUT2D eigenvalue weighted by atomic mass is 10.1. The van der Waals surface area contributed by atoms with Crippen molar-refractivity contribution in [1.29, 1.82) is 0 Å². The SMILES string of the molecule is CN1C(=S)SC(C)(C)C1[N+](O)=Cc1ccccc1F. The Kier molecular flexibility index (Phi) is 3.82. The lowest BCUT2D eigenvalue weighted by molar-refractivity contribution is -0.808. The monoisotopic (exact) mass is 299 g/mol. The van der Waals surface area contributed by atoms with E-state index in [1.807, 2.05) is 25.8 Å². The first kappa shape index (κ1) is 14.3. The van der Waals surface area contributed by atoms with Crippen molar-refractivity contribution in [2.24, 2.45) is 0 Å². The van der Waals surface area contributed by atoms with Crippen molar-refractivity contribution >= 4 is 34.5 Å². The third-order valence-electron chi connectivity index (χ3n) is 3.05. The second kappa shape index (κ2) is 5.09. The smallest absolute Gasteiger partial charge is 0.292 e. The number of nitrogens with zero attached hydrogens (tertiary/aromatic N) is 2. The second-order valence-corrected chi connectivity index (χ2v) is 7.27. The van der Waals surface area contributed by atoms with Crippen LogP contribution >= 0.6 is 24.0 Å². The van der Waals surface area contributed by atoms with Gasteiger partial charge in [-0.15, -0.1) is 0 Å². The molecule has 6 heteroatoms. The van der Waals surface area contributed by atoms with E-state index < -0.39 is 0 Å². The summed E-state index contributed by atoms with van der Waals surface area (Å²) in [6, 6.07) is 6.32. The maximum Gasteiger partial charge on any atom is 0.292 e. The molecule has 0 aromatic heterocycles. The number of hydrogen-bond acceptors (Lipinski definition) is 3. The van der Waals surface area contributed by atoms with E-state index >= 15 is 0 Å². The van der Waals surface area contributed by atoms with E-state index in [2.05, 4.69) is 0 Å². The van der Waals surface area contributed by atoms with Gasteiger partial charge in [0.05, 0.1) is 5.56 Å². The van der Waals surface area contributed by atoms with E-state index in [0.29, 0.717) is 5.56 Å². The Labute approximate surface area is 121 Å². The van der Waals surface area contributed by atoms with Gasteiger partial charge in [0, 0.05) is 7.05 Å². The van der Waals surface area contributed by atoms with Gasteiger partial charge in [0.1, 0.15) is 14.9 Å². The van der Waals surface area contributed by atoms with E-state index in [0.717, 1.165) is 9.06 Å². The van der Waals surface area contributed by atoms with Crippen molar-refractivity contribution in [1.82, 2.24) is 4.90 Å². The first-order chi connectivity index (χ1) is 8.83. The zero-order chi connectivity index (χ0) is 14.2. The van der Waals surface area contributed by atoms with Gasteiger partial charge in [-0.05, 0) is 30.7 Å². The molecule has 19 heavy (non-hydrogen) atoms. The number of benzene rings is 1. The molecule has 1 fully saturated rings. The highest BCUT2D eigenvalue weighted by Crippen LogP contribution is 2.40. The molecule has 0 saturated carbocycles. The van der Waals surface area contributed by atoms with E-state index in [1.165, 1.54) is 24.0 Å². The summed E-state index contributed by atoms with van der Waals surface area (Å²) in [5, 5.41) is 10.2. The van der Waals surface area contributed by atoms with Gasteiger partial charge >= 0.3 is 0 Å². The normalized spacial score (nSPS) is 22.9. The molecular weight excluding hydrogens is 283 g/mol. The fraction of sp³-hybridized carbons (Fsp3) is 0.385. The van der Waals surface area contributed by atoms with Crippen LogP contribution in [-0.4, -0.2) is 43.3 Å². The van der Waals surface area contributed by atoms with Crippen molar-refractivity contribution in [3.63, 3.8) is 0 Å². The molecule has 2 rings (SSSR count). The maximum absolute atomic E-state index is 13.6. The summed E-state index contributed by atoms with van der Waals surface area (Å²) in [4.78, 5) is 1.82. The summed E-state index contributed by atoms with van der Waals surface area (Å²) in [6.45, 7) is 3.99. The first-order valence-corrected chi connectivity index (χ1v) is 7.08. The molecule has 1 atom stereocenters. The topological polar surface area (TPSA) is 26.5 Å². The zero-order valence-corrected chi connectivity index (χ0v) is 12.6. The van der Waals surface area contributed by atoms with Crippen LogP contribution in [0.3, 0.4) is 0 Å². The van der Waals surface area contributed by atoms with E-state index in [9.17, 15) is 9.60 Å². The number of hydrogen-bond donors (Lipinski definition) is 1. The standard InChI is InChI=1S/C13H16FN2OS2/c1-13(2)11(15(3)12(18)19-13)16(17)8-9-6-4-5-7-10(9)14/h4-8,11,17H,1-3H3/q+1. The molecular formula is C13H16FN2OS2+. The van der Waals surface area contributed by atoms with Crippen LogP contribution < -0.4 is 0 Å². The molecule has 0 radical (unpaired) electrons. The van der Waals surface area contributed by atoms with Gasteiger partial charge in [-0.3, -0.25) is 10.1 Å². The molecule has 1 aromatic rings. The molecule has 1 N–H and O–H groups in total. The highest BCUT2D eigenvalue weighted by molar-refractivity contribution is 8.24. The number of rotatable bonds is 2. The van der Waals surface area contributed by atoms with Gasteiger partial charge in [0.2, 0.25) is 6.21 Å². The minimum atomic E-state index is -0.366. The Hall–Kier alpha value is -1.14. The third-order valence-corrected chi connectivity index (χ3v) is 4.79. The summed E-state index contributed by atoms with van der Waals surface area (Å²) in [6.07, 6.45) is 1.07. The molecule has 102 valence electrons. The van der Waals surface area contributed by atoms with Crippen molar-refractivity contribution in [3.8, 4) is 0 Å². The quantitative estimate of drug-likeness (QED) is 0.299. The summed E-state index contributed by atoms with van der Waals surface area (Å²) < 4.78 is 15.1. The van der Waals surface area contributed by atoms with Gasteiger partial charge in [-0.1, -0.05) is 36.1 Å². The van der Waals surface area contributed by atoms with Crippen LogP contribution in [-0.2, 0) is 0 Å². The minimum Gasteiger partial charge on any atom is -0.298 e. The number of hydroxylamine groups is 1. The lowest BCUT2D eigenvalue weighted by Crippen LogP contribution is -2.47. The van der Waals surface area contributed by atoms with Gasteiger partial charge in [-0.2, -0.15) is 0 Å². The first-order valence-electron chi connectivity index (χ1n) is 5.85. The Morgan fingerprint density at radius 3 is 2.63 bits per heavy atom. The second-order valence-electron chi connectivity index (χ2n) is 4.99. The van der Waals surface area contributed by atoms with Gasteiger partial charge < -0.3 is 0 Å². The highest BCUT2D eigenvalue weighted by atomic mass is 32.2. The summed E-state index contributed by atoms with van der Waals surface area (Å²) in [7, 11) is 1.83. The molecule has 1 aliphatic rings. The molecule has 0 amide bonds. The van der Waals surface area contributed by atoms with E-state index in [1.54, 1.807) is 18.2 Å². The van der Waals surface area contributed by atoms with E-state index in [4.69, 9.17) is 12.2 Å². The fourth-order valence-corrected chi connectivity index (χ4v) is 4.01. The van der Waals surface area contributed by atoms with Gasteiger partial charge in [-0.25, -0.2) is 4.39 Å². The van der Waals surface area contributed by atoms with Crippen LogP contribution in [0.2, 0.25) is 0 Å². The van der Waals surface area contributed by atoms with Crippen molar-refractivity contribution in [2.75, 3.05) is 7.05 Å². The predicted octanol–water partition coefficient (Wildman–Crippen LogP) is 2.71. The van der Waals surface area contributed by atoms with Gasteiger partial charge in [0.15, 0.2) is 0 Å². The molecule has 1 aromatic carbocycles. The van der Waals surface area contributed by atoms with E-state index in [-0.39, 0.29) is 16.7 Å². The summed E-state index contributed by atoms with van der Waals surface area (Å²) in [5.74, 6) is -0.366. The average Bonchev–Trinajstić information content (AvgIpc) is 2.51. The largest absolute Gasteiger partial charge is 0.298 e. The molecule has 1 aliphatic heterocycles. The van der Waals surface area contributed by atoms with Gasteiger partial charge in [0.25, 0.3) is 6.17 Å². The van der Waals surface area contributed by atoms with Crippen LogP contribution in [0.15, 0.2) is 24.3 Å². The Balaban J connectivity index is 2.36. The maximum atomic E-state index is 13.6. The lowest BCUT2D eigenvalue weighted by Gasteiger charge is -2.21. The van der Waals surface area contributed by atoms with Crippen LogP contribution in [0.25, 0.3) is 0 Å².